The number of hydrogen-bond acceptors (Lipinski definition) is 6. The fraction of sp³-hybridized carbons (Fsp3) is 0.478. The zero-order valence-electron chi connectivity index (χ0n) is 19.2. The molecule has 35 heavy (non-hydrogen) atoms. The van der Waals surface area contributed by atoms with Gasteiger partial charge in [0.1, 0.15) is 23.0 Å². The second-order valence-corrected chi connectivity index (χ2v) is 8.88. The number of aliphatic carboxylic acids is 1. The Kier molecular flexibility index (Phi) is 8.42. The van der Waals surface area contributed by atoms with Crippen LogP contribution in [-0.2, 0) is 11.0 Å². The molecule has 0 spiro atoms. The van der Waals surface area contributed by atoms with Crippen molar-refractivity contribution < 1.29 is 32.6 Å². The predicted molar refractivity (Wildman–Crippen MR) is 122 cm³/mol. The summed E-state index contributed by atoms with van der Waals surface area (Å²) in [4.78, 5) is 31.4. The predicted octanol–water partition coefficient (Wildman–Crippen LogP) is 4.95. The third-order valence-electron chi connectivity index (χ3n) is 6.01. The van der Waals surface area contributed by atoms with Gasteiger partial charge in [-0.05, 0) is 56.7 Å². The number of carbonyl (C=O) groups is 2. The number of nitrogens with zero attached hydrogens (tertiary/aromatic N) is 2. The number of rotatable bonds is 8. The molecule has 1 fully saturated rings. The summed E-state index contributed by atoms with van der Waals surface area (Å²) in [7, 11) is 1.33. The SMILES string of the molecule is COc1ccc(C(F)(F)F)nc1[C@H](C)Nc1ncc(C(=O)NCC2CCC(C(=O)O)CC2)cc1Cl. The molecule has 0 unspecified atom stereocenters. The lowest BCUT2D eigenvalue weighted by molar-refractivity contribution is -0.143. The van der Waals surface area contributed by atoms with E-state index in [1.54, 1.807) is 6.92 Å². The Labute approximate surface area is 205 Å². The third-order valence-corrected chi connectivity index (χ3v) is 6.30. The Morgan fingerprint density at radius 3 is 2.51 bits per heavy atom. The van der Waals surface area contributed by atoms with E-state index in [1.807, 2.05) is 0 Å². The standard InChI is InChI=1S/C23H26ClF3N4O4/c1-12(19-17(35-2)7-8-18(31-19)23(25,26)27)30-20-16(24)9-15(11-28-20)21(32)29-10-13-3-5-14(6-4-13)22(33)34/h7-9,11-14H,3-6,10H2,1-2H3,(H,28,30)(H,29,32)(H,33,34)/t12-,13?,14?/m0/s1. The summed E-state index contributed by atoms with van der Waals surface area (Å²) < 4.78 is 44.4. The quantitative estimate of drug-likeness (QED) is 0.456. The second kappa shape index (κ2) is 11.1. The van der Waals surface area contributed by atoms with Crippen LogP contribution in [0.15, 0.2) is 24.4 Å². The van der Waals surface area contributed by atoms with Crippen LogP contribution in [0, 0.1) is 11.8 Å². The number of carboxylic acid groups (broad SMARTS) is 1. The van der Waals surface area contributed by atoms with Crippen LogP contribution < -0.4 is 15.4 Å². The van der Waals surface area contributed by atoms with Crippen molar-refractivity contribution in [3.05, 3.63) is 46.4 Å². The lowest BCUT2D eigenvalue weighted by Gasteiger charge is -2.26. The zero-order chi connectivity index (χ0) is 25.8. The van der Waals surface area contributed by atoms with Crippen molar-refractivity contribution in [1.82, 2.24) is 15.3 Å². The third kappa shape index (κ3) is 6.74. The zero-order valence-corrected chi connectivity index (χ0v) is 19.9. The van der Waals surface area contributed by atoms with Crippen LogP contribution in [-0.4, -0.2) is 40.6 Å². The highest BCUT2D eigenvalue weighted by molar-refractivity contribution is 6.33. The van der Waals surface area contributed by atoms with Crippen LogP contribution in [0.25, 0.3) is 0 Å². The summed E-state index contributed by atoms with van der Waals surface area (Å²) in [5.41, 5.74) is -0.800. The molecule has 1 amide bonds. The first kappa shape index (κ1) is 26.5. The molecule has 1 atom stereocenters. The van der Waals surface area contributed by atoms with Gasteiger partial charge in [-0.2, -0.15) is 13.2 Å². The number of anilines is 1. The lowest BCUT2D eigenvalue weighted by Crippen LogP contribution is -2.32. The Hall–Kier alpha value is -3.08. The number of alkyl halides is 3. The first-order chi connectivity index (χ1) is 16.5. The van der Waals surface area contributed by atoms with Crippen molar-refractivity contribution in [1.29, 1.82) is 0 Å². The number of pyridine rings is 2. The minimum atomic E-state index is -4.61. The van der Waals surface area contributed by atoms with Crippen LogP contribution >= 0.6 is 11.6 Å². The molecule has 0 radical (unpaired) electrons. The molecule has 0 saturated heterocycles. The number of amides is 1. The highest BCUT2D eigenvalue weighted by Crippen LogP contribution is 2.34. The molecule has 8 nitrogen and oxygen atoms in total. The van der Waals surface area contributed by atoms with Crippen LogP contribution in [0.4, 0.5) is 19.0 Å². The number of ether oxygens (including phenoxy) is 1. The average molecular weight is 515 g/mol. The van der Waals surface area contributed by atoms with Crippen molar-refractivity contribution >= 4 is 29.3 Å². The van der Waals surface area contributed by atoms with Crippen LogP contribution in [0.2, 0.25) is 5.02 Å². The van der Waals surface area contributed by atoms with E-state index < -0.39 is 23.9 Å². The molecule has 1 aliphatic rings. The molecule has 2 heterocycles. The molecule has 3 N–H and O–H groups in total. The first-order valence-corrected chi connectivity index (χ1v) is 11.4. The van der Waals surface area contributed by atoms with Crippen LogP contribution in [0.1, 0.15) is 60.4 Å². The van der Waals surface area contributed by atoms with Crippen molar-refractivity contribution in [3.63, 3.8) is 0 Å². The number of aromatic nitrogens is 2. The fourth-order valence-electron chi connectivity index (χ4n) is 4.00. The topological polar surface area (TPSA) is 113 Å². The van der Waals surface area contributed by atoms with Crippen LogP contribution in [0.5, 0.6) is 5.75 Å². The van der Waals surface area contributed by atoms with Gasteiger partial charge in [-0.15, -0.1) is 0 Å². The molecule has 0 aliphatic heterocycles. The van der Waals surface area contributed by atoms with E-state index in [9.17, 15) is 22.8 Å². The van der Waals surface area contributed by atoms with E-state index in [0.717, 1.165) is 18.9 Å². The van der Waals surface area contributed by atoms with Gasteiger partial charge < -0.3 is 20.5 Å². The second-order valence-electron chi connectivity index (χ2n) is 8.47. The molecule has 1 aliphatic carbocycles. The molecular weight excluding hydrogens is 489 g/mol. The van der Waals surface area contributed by atoms with Gasteiger partial charge in [0, 0.05) is 12.7 Å². The average Bonchev–Trinajstić information content (AvgIpc) is 2.82. The summed E-state index contributed by atoms with van der Waals surface area (Å²) in [5, 5.41) is 14.9. The van der Waals surface area contributed by atoms with Gasteiger partial charge in [-0.25, -0.2) is 9.97 Å². The van der Waals surface area contributed by atoms with E-state index in [4.69, 9.17) is 21.4 Å². The van der Waals surface area contributed by atoms with Gasteiger partial charge in [0.15, 0.2) is 0 Å². The number of methoxy groups -OCH3 is 1. The number of halogens is 4. The molecule has 0 bridgehead atoms. The summed E-state index contributed by atoms with van der Waals surface area (Å²) in [6.45, 7) is 2.00. The van der Waals surface area contributed by atoms with E-state index in [-0.39, 0.29) is 45.6 Å². The Morgan fingerprint density at radius 1 is 1.26 bits per heavy atom. The van der Waals surface area contributed by atoms with Crippen molar-refractivity contribution in [3.8, 4) is 5.75 Å². The van der Waals surface area contributed by atoms with Gasteiger partial charge in [0.2, 0.25) is 0 Å². The van der Waals surface area contributed by atoms with Gasteiger partial charge in [-0.3, -0.25) is 9.59 Å². The highest BCUT2D eigenvalue weighted by atomic mass is 35.5. The van der Waals surface area contributed by atoms with E-state index in [2.05, 4.69) is 20.6 Å². The minimum Gasteiger partial charge on any atom is -0.495 e. The first-order valence-electron chi connectivity index (χ1n) is 11.0. The molecule has 0 aromatic carbocycles. The minimum absolute atomic E-state index is 0.0274. The van der Waals surface area contributed by atoms with E-state index in [1.165, 1.54) is 25.4 Å². The summed E-state index contributed by atoms with van der Waals surface area (Å²) >= 11 is 6.28. The Bertz CT molecular complexity index is 1080. The summed E-state index contributed by atoms with van der Waals surface area (Å²) in [6, 6.07) is 2.71. The largest absolute Gasteiger partial charge is 0.495 e. The maximum atomic E-state index is 13.1. The molecule has 190 valence electrons. The molecule has 12 heteroatoms. The number of carboxylic acids is 1. The molecule has 2 aromatic heterocycles. The number of carbonyl (C=O) groups excluding carboxylic acids is 1. The molecular formula is C23H26ClF3N4O4. The van der Waals surface area contributed by atoms with Gasteiger partial charge in [-0.1, -0.05) is 11.6 Å². The van der Waals surface area contributed by atoms with Crippen molar-refractivity contribution in [2.45, 2.75) is 44.8 Å². The van der Waals surface area contributed by atoms with Crippen LogP contribution in [0.3, 0.4) is 0 Å². The molecule has 3 rings (SSSR count). The summed E-state index contributed by atoms with van der Waals surface area (Å²) in [6.07, 6.45) is -0.662. The lowest BCUT2D eigenvalue weighted by atomic mass is 9.82. The van der Waals surface area contributed by atoms with Crippen molar-refractivity contribution in [2.75, 3.05) is 19.0 Å². The maximum Gasteiger partial charge on any atom is 0.433 e. The number of nitrogens with one attached hydrogen (secondary N) is 2. The van der Waals surface area contributed by atoms with Crippen molar-refractivity contribution in [2.24, 2.45) is 11.8 Å². The summed E-state index contributed by atoms with van der Waals surface area (Å²) in [5.74, 6) is -0.932. The van der Waals surface area contributed by atoms with E-state index in [0.29, 0.717) is 19.4 Å². The Morgan fingerprint density at radius 2 is 1.94 bits per heavy atom. The Balaban J connectivity index is 1.63. The maximum absolute atomic E-state index is 13.1. The van der Waals surface area contributed by atoms with Gasteiger partial charge >= 0.3 is 12.1 Å². The van der Waals surface area contributed by atoms with Gasteiger partial charge in [0.05, 0.1) is 29.7 Å². The van der Waals surface area contributed by atoms with E-state index >= 15 is 0 Å². The smallest absolute Gasteiger partial charge is 0.433 e. The molecule has 1 saturated carbocycles. The monoisotopic (exact) mass is 514 g/mol. The molecule has 2 aromatic rings. The highest BCUT2D eigenvalue weighted by Gasteiger charge is 2.34. The number of hydrogen-bond donors (Lipinski definition) is 3. The fourth-order valence-corrected chi connectivity index (χ4v) is 4.22. The normalized spacial score (nSPS) is 19.0. The van der Waals surface area contributed by atoms with Gasteiger partial charge in [0.25, 0.3) is 5.91 Å².